The summed E-state index contributed by atoms with van der Waals surface area (Å²) in [5.74, 6) is 0.325. The van der Waals surface area contributed by atoms with Crippen molar-refractivity contribution in [3.8, 4) is 5.75 Å². The molecule has 1 amide bonds. The van der Waals surface area contributed by atoms with Gasteiger partial charge in [-0.25, -0.2) is 8.42 Å². The lowest BCUT2D eigenvalue weighted by atomic mass is 10.1. The van der Waals surface area contributed by atoms with Gasteiger partial charge in [0.05, 0.1) is 10.6 Å². The maximum absolute atomic E-state index is 12.8. The summed E-state index contributed by atoms with van der Waals surface area (Å²) in [6, 6.07) is 19.3. The van der Waals surface area contributed by atoms with Gasteiger partial charge in [-0.3, -0.25) is 9.52 Å². The number of rotatable bonds is 7. The Morgan fingerprint density at radius 1 is 0.971 bits per heavy atom. The molecule has 0 radical (unpaired) electrons. The summed E-state index contributed by atoms with van der Waals surface area (Å²) in [6.07, 6.45) is 0. The number of nitrogens with zero attached hydrogens (tertiary/aromatic N) is 2. The van der Waals surface area contributed by atoms with Gasteiger partial charge in [-0.05, 0) is 73.5 Å². The van der Waals surface area contributed by atoms with E-state index in [9.17, 15) is 13.2 Å². The molecule has 0 atom stereocenters. The van der Waals surface area contributed by atoms with E-state index in [4.69, 9.17) is 16.3 Å². The van der Waals surface area contributed by atoms with Gasteiger partial charge in [0, 0.05) is 36.9 Å². The monoisotopic (exact) mass is 513 g/mol. The molecule has 3 aromatic carbocycles. The van der Waals surface area contributed by atoms with Gasteiger partial charge in [0.25, 0.3) is 15.9 Å². The van der Waals surface area contributed by atoms with Crippen LogP contribution in [0.4, 0.5) is 11.4 Å². The zero-order valence-corrected chi connectivity index (χ0v) is 21.3. The van der Waals surface area contributed by atoms with Crippen LogP contribution in [0.15, 0.2) is 71.6 Å². The second-order valence-corrected chi connectivity index (χ2v) is 10.7. The van der Waals surface area contributed by atoms with Gasteiger partial charge < -0.3 is 14.5 Å². The van der Waals surface area contributed by atoms with E-state index in [1.165, 1.54) is 12.1 Å². The number of hydrogen-bond acceptors (Lipinski definition) is 5. The number of nitrogens with one attached hydrogen (secondary N) is 1. The number of halogens is 1. The lowest BCUT2D eigenvalue weighted by Gasteiger charge is -2.36. The Bertz CT molecular complexity index is 1300. The highest BCUT2D eigenvalue weighted by Crippen LogP contribution is 2.23. The lowest BCUT2D eigenvalue weighted by Crippen LogP contribution is -2.50. The summed E-state index contributed by atoms with van der Waals surface area (Å²) in [5, 5.41) is 0.689. The Morgan fingerprint density at radius 3 is 2.37 bits per heavy atom. The smallest absolute Gasteiger partial charge is 0.261 e. The standard InChI is InChI=1S/C26H28ClN3O4S/c1-19-6-7-20(2)25(16-19)28-35(32,33)24-10-8-23(9-11-24)34-18-26(31)30-14-12-29(13-15-30)22-5-3-4-21(27)17-22/h3-11,16-17,28H,12-15,18H2,1-2H3. The quantitative estimate of drug-likeness (QED) is 0.503. The van der Waals surface area contributed by atoms with Crippen LogP contribution in [-0.4, -0.2) is 52.0 Å². The number of sulfonamides is 1. The van der Waals surface area contributed by atoms with E-state index >= 15 is 0 Å². The second kappa shape index (κ2) is 10.6. The van der Waals surface area contributed by atoms with Crippen molar-refractivity contribution >= 4 is 38.9 Å². The molecule has 184 valence electrons. The molecule has 1 aliphatic heterocycles. The molecule has 0 aromatic heterocycles. The zero-order chi connectivity index (χ0) is 25.0. The predicted octanol–water partition coefficient (Wildman–Crippen LogP) is 4.49. The molecule has 9 heteroatoms. The van der Waals surface area contributed by atoms with E-state index in [0.29, 0.717) is 42.6 Å². The van der Waals surface area contributed by atoms with Crippen LogP contribution in [-0.2, 0) is 14.8 Å². The Labute approximate surface area is 211 Å². The van der Waals surface area contributed by atoms with Crippen LogP contribution >= 0.6 is 11.6 Å². The number of carbonyl (C=O) groups excluding carboxylic acids is 1. The van der Waals surface area contributed by atoms with Crippen LogP contribution in [0, 0.1) is 13.8 Å². The van der Waals surface area contributed by atoms with Crippen molar-refractivity contribution in [2.75, 3.05) is 42.4 Å². The van der Waals surface area contributed by atoms with E-state index in [1.807, 2.05) is 50.2 Å². The minimum atomic E-state index is -3.74. The molecule has 1 saturated heterocycles. The molecular weight excluding hydrogens is 486 g/mol. The summed E-state index contributed by atoms with van der Waals surface area (Å²) in [4.78, 5) is 16.7. The SMILES string of the molecule is Cc1ccc(C)c(NS(=O)(=O)c2ccc(OCC(=O)N3CCN(c4cccc(Cl)c4)CC3)cc2)c1. The fourth-order valence-corrected chi connectivity index (χ4v) is 5.19. The average molecular weight is 514 g/mol. The van der Waals surface area contributed by atoms with E-state index in [1.54, 1.807) is 23.1 Å². The first-order valence-corrected chi connectivity index (χ1v) is 13.2. The summed E-state index contributed by atoms with van der Waals surface area (Å²) in [5.41, 5.74) is 3.40. The van der Waals surface area contributed by atoms with Gasteiger partial charge >= 0.3 is 0 Å². The third kappa shape index (κ3) is 6.26. The van der Waals surface area contributed by atoms with Gasteiger partial charge in [-0.15, -0.1) is 0 Å². The number of amides is 1. The number of ether oxygens (including phenoxy) is 1. The number of piperazine rings is 1. The van der Waals surface area contributed by atoms with Crippen molar-refractivity contribution in [3.63, 3.8) is 0 Å². The number of carbonyl (C=O) groups is 1. The molecular formula is C26H28ClN3O4S. The van der Waals surface area contributed by atoms with Crippen molar-refractivity contribution in [3.05, 3.63) is 82.9 Å². The van der Waals surface area contributed by atoms with Gasteiger partial charge in [-0.1, -0.05) is 29.8 Å². The van der Waals surface area contributed by atoms with Crippen molar-refractivity contribution in [1.29, 1.82) is 0 Å². The summed E-state index contributed by atoms with van der Waals surface area (Å²) in [6.45, 7) is 6.26. The molecule has 4 rings (SSSR count). The number of anilines is 2. The minimum Gasteiger partial charge on any atom is -0.484 e. The van der Waals surface area contributed by atoms with Crippen LogP contribution in [0.25, 0.3) is 0 Å². The highest BCUT2D eigenvalue weighted by atomic mass is 35.5. The highest BCUT2D eigenvalue weighted by Gasteiger charge is 2.22. The molecule has 35 heavy (non-hydrogen) atoms. The molecule has 1 heterocycles. The minimum absolute atomic E-state index is 0.107. The molecule has 1 N–H and O–H groups in total. The fraction of sp³-hybridized carbons (Fsp3) is 0.269. The maximum Gasteiger partial charge on any atom is 0.261 e. The van der Waals surface area contributed by atoms with Crippen LogP contribution in [0.3, 0.4) is 0 Å². The molecule has 0 unspecified atom stereocenters. The van der Waals surface area contributed by atoms with E-state index in [-0.39, 0.29) is 17.4 Å². The Morgan fingerprint density at radius 2 is 1.69 bits per heavy atom. The molecule has 0 spiro atoms. The number of hydrogen-bond donors (Lipinski definition) is 1. The van der Waals surface area contributed by atoms with E-state index in [0.717, 1.165) is 16.8 Å². The van der Waals surface area contributed by atoms with Crippen molar-refractivity contribution < 1.29 is 17.9 Å². The Kier molecular flexibility index (Phi) is 7.52. The zero-order valence-electron chi connectivity index (χ0n) is 19.7. The van der Waals surface area contributed by atoms with Crippen molar-refractivity contribution in [2.45, 2.75) is 18.7 Å². The third-order valence-electron chi connectivity index (χ3n) is 5.94. The van der Waals surface area contributed by atoms with Crippen LogP contribution in [0.2, 0.25) is 5.02 Å². The first kappa shape index (κ1) is 24.9. The summed E-state index contributed by atoms with van der Waals surface area (Å²) >= 11 is 6.08. The largest absolute Gasteiger partial charge is 0.484 e. The van der Waals surface area contributed by atoms with Crippen LogP contribution < -0.4 is 14.4 Å². The van der Waals surface area contributed by atoms with Crippen molar-refractivity contribution in [2.24, 2.45) is 0 Å². The predicted molar refractivity (Wildman–Crippen MR) is 139 cm³/mol. The molecule has 0 aliphatic carbocycles. The molecule has 3 aromatic rings. The highest BCUT2D eigenvalue weighted by molar-refractivity contribution is 7.92. The van der Waals surface area contributed by atoms with Crippen LogP contribution in [0.5, 0.6) is 5.75 Å². The van der Waals surface area contributed by atoms with E-state index < -0.39 is 10.0 Å². The molecule has 1 fully saturated rings. The lowest BCUT2D eigenvalue weighted by molar-refractivity contribution is -0.133. The summed E-state index contributed by atoms with van der Waals surface area (Å²) < 4.78 is 33.8. The van der Waals surface area contributed by atoms with Gasteiger partial charge in [0.1, 0.15) is 5.75 Å². The second-order valence-electron chi connectivity index (χ2n) is 8.53. The molecule has 0 bridgehead atoms. The van der Waals surface area contributed by atoms with Gasteiger partial charge in [0.15, 0.2) is 6.61 Å². The van der Waals surface area contributed by atoms with Crippen LogP contribution in [0.1, 0.15) is 11.1 Å². The number of aryl methyl sites for hydroxylation is 2. The Balaban J connectivity index is 1.30. The first-order valence-electron chi connectivity index (χ1n) is 11.3. The van der Waals surface area contributed by atoms with Gasteiger partial charge in [0.2, 0.25) is 0 Å². The molecule has 0 saturated carbocycles. The average Bonchev–Trinajstić information content (AvgIpc) is 2.85. The first-order chi connectivity index (χ1) is 16.7. The summed E-state index contributed by atoms with van der Waals surface area (Å²) in [7, 11) is -3.74. The van der Waals surface area contributed by atoms with Crippen molar-refractivity contribution in [1.82, 2.24) is 4.90 Å². The molecule has 1 aliphatic rings. The van der Waals surface area contributed by atoms with Gasteiger partial charge in [-0.2, -0.15) is 0 Å². The molecule has 7 nitrogen and oxygen atoms in total. The third-order valence-corrected chi connectivity index (χ3v) is 7.56. The maximum atomic E-state index is 12.8. The normalized spacial score (nSPS) is 14.0. The van der Waals surface area contributed by atoms with E-state index in [2.05, 4.69) is 9.62 Å². The number of benzene rings is 3. The fourth-order valence-electron chi connectivity index (χ4n) is 3.89. The topological polar surface area (TPSA) is 78.9 Å². The Hall–Kier alpha value is -3.23.